The van der Waals surface area contributed by atoms with Crippen LogP contribution in [0.25, 0.3) is 5.69 Å². The van der Waals surface area contributed by atoms with Crippen molar-refractivity contribution >= 4 is 0 Å². The standard InChI is InChI=1S/C22H27F2N3O/c1-13(2)26-11-15-8-16(26)9-21(15)28-12-20-17(14-6-7-14)10-25-27(20)22-18(23)4-3-5-19(22)24/h3-5,10,13-16,21H,6-9,11-12H2,1-2H3/t15-,16-,21+/m0/s1. The molecule has 1 aromatic heterocycles. The first-order chi connectivity index (χ1) is 13.5. The van der Waals surface area contributed by atoms with Gasteiger partial charge in [-0.25, -0.2) is 13.5 Å². The molecule has 1 saturated heterocycles. The number of rotatable bonds is 6. The van der Waals surface area contributed by atoms with Crippen molar-refractivity contribution in [2.24, 2.45) is 5.92 Å². The number of piperidine rings is 1. The predicted octanol–water partition coefficient (Wildman–Crippen LogP) is 4.42. The lowest BCUT2D eigenvalue weighted by atomic mass is 10.0. The van der Waals surface area contributed by atoms with E-state index in [2.05, 4.69) is 23.8 Å². The van der Waals surface area contributed by atoms with Crippen LogP contribution in [-0.4, -0.2) is 39.4 Å². The fourth-order valence-electron chi connectivity index (χ4n) is 5.11. The molecular formula is C22H27F2N3O. The van der Waals surface area contributed by atoms with Crippen LogP contribution in [0.4, 0.5) is 8.78 Å². The summed E-state index contributed by atoms with van der Waals surface area (Å²) in [7, 11) is 0. The van der Waals surface area contributed by atoms with E-state index in [0.29, 0.717) is 30.5 Å². The second-order valence-corrected chi connectivity index (χ2v) is 8.83. The fraction of sp³-hybridized carbons (Fsp3) is 0.591. The topological polar surface area (TPSA) is 30.3 Å². The molecule has 0 radical (unpaired) electrons. The normalized spacial score (nSPS) is 27.2. The Hall–Kier alpha value is -1.79. The summed E-state index contributed by atoms with van der Waals surface area (Å²) in [5, 5.41) is 4.35. The van der Waals surface area contributed by atoms with Crippen LogP contribution in [0.1, 0.15) is 56.7 Å². The lowest BCUT2D eigenvalue weighted by Gasteiger charge is -2.34. The Balaban J connectivity index is 1.38. The van der Waals surface area contributed by atoms with E-state index in [9.17, 15) is 8.78 Å². The van der Waals surface area contributed by atoms with Crippen molar-refractivity contribution in [2.45, 2.75) is 70.2 Å². The Morgan fingerprint density at radius 1 is 1.18 bits per heavy atom. The van der Waals surface area contributed by atoms with Gasteiger partial charge in [0, 0.05) is 18.6 Å². The Labute approximate surface area is 164 Å². The molecule has 6 heteroatoms. The number of ether oxygens (including phenoxy) is 1. The highest BCUT2D eigenvalue weighted by molar-refractivity contribution is 5.39. The molecule has 5 rings (SSSR count). The highest BCUT2D eigenvalue weighted by atomic mass is 19.1. The van der Waals surface area contributed by atoms with Crippen LogP contribution >= 0.6 is 0 Å². The second-order valence-electron chi connectivity index (χ2n) is 8.83. The van der Waals surface area contributed by atoms with E-state index in [1.54, 1.807) is 6.20 Å². The molecule has 2 saturated carbocycles. The average Bonchev–Trinajstić information content (AvgIpc) is 3.11. The predicted molar refractivity (Wildman–Crippen MR) is 102 cm³/mol. The van der Waals surface area contributed by atoms with Crippen LogP contribution < -0.4 is 0 Å². The largest absolute Gasteiger partial charge is 0.372 e. The van der Waals surface area contributed by atoms with Gasteiger partial charge >= 0.3 is 0 Å². The van der Waals surface area contributed by atoms with E-state index in [-0.39, 0.29) is 11.8 Å². The highest BCUT2D eigenvalue weighted by Gasteiger charge is 2.46. The molecule has 0 spiro atoms. The summed E-state index contributed by atoms with van der Waals surface area (Å²) in [6.07, 6.45) is 6.44. The van der Waals surface area contributed by atoms with Gasteiger partial charge in [0.05, 0.1) is 24.6 Å². The molecule has 4 nitrogen and oxygen atoms in total. The summed E-state index contributed by atoms with van der Waals surface area (Å²) >= 11 is 0. The maximum atomic E-state index is 14.4. The van der Waals surface area contributed by atoms with Crippen LogP contribution in [0.2, 0.25) is 0 Å². The molecule has 2 aliphatic carbocycles. The van der Waals surface area contributed by atoms with E-state index in [1.807, 2.05) is 0 Å². The molecule has 1 aliphatic heterocycles. The van der Waals surface area contributed by atoms with Gasteiger partial charge in [-0.3, -0.25) is 4.90 Å². The Morgan fingerprint density at radius 3 is 2.54 bits per heavy atom. The van der Waals surface area contributed by atoms with Gasteiger partial charge in [-0.1, -0.05) is 6.07 Å². The van der Waals surface area contributed by atoms with Gasteiger partial charge in [0.15, 0.2) is 11.6 Å². The summed E-state index contributed by atoms with van der Waals surface area (Å²) in [5.41, 5.74) is 1.77. The molecular weight excluding hydrogens is 360 g/mol. The SMILES string of the molecule is CC(C)N1C[C@@H]2C[C@H]1C[C@H]2OCc1c(C2CC2)cnn1-c1c(F)cccc1F. The van der Waals surface area contributed by atoms with E-state index >= 15 is 0 Å². The van der Waals surface area contributed by atoms with Gasteiger partial charge in [0.1, 0.15) is 5.69 Å². The molecule has 2 heterocycles. The first kappa shape index (κ1) is 18.3. The van der Waals surface area contributed by atoms with Gasteiger partial charge in [0.2, 0.25) is 0 Å². The van der Waals surface area contributed by atoms with E-state index in [0.717, 1.165) is 37.1 Å². The summed E-state index contributed by atoms with van der Waals surface area (Å²) in [4.78, 5) is 2.57. The number of nitrogens with zero attached hydrogens (tertiary/aromatic N) is 3. The van der Waals surface area contributed by atoms with Crippen molar-refractivity contribution in [3.05, 3.63) is 47.3 Å². The number of halogens is 2. The molecule has 1 aromatic carbocycles. The van der Waals surface area contributed by atoms with Gasteiger partial charge < -0.3 is 4.74 Å². The molecule has 0 unspecified atom stereocenters. The maximum absolute atomic E-state index is 14.4. The van der Waals surface area contributed by atoms with E-state index < -0.39 is 11.6 Å². The number of fused-ring (bicyclic) bond motifs is 2. The Bertz CT molecular complexity index is 856. The van der Waals surface area contributed by atoms with Crippen molar-refractivity contribution in [2.75, 3.05) is 6.54 Å². The molecule has 3 fully saturated rings. The Kier molecular flexibility index (Phi) is 4.51. The van der Waals surface area contributed by atoms with Crippen LogP contribution in [0, 0.1) is 17.6 Å². The minimum absolute atomic E-state index is 0.105. The number of hydrogen-bond donors (Lipinski definition) is 0. The van der Waals surface area contributed by atoms with Gasteiger partial charge in [-0.2, -0.15) is 5.10 Å². The number of hydrogen-bond acceptors (Lipinski definition) is 3. The molecule has 3 atom stereocenters. The van der Waals surface area contributed by atoms with Gasteiger partial charge in [0.25, 0.3) is 0 Å². The van der Waals surface area contributed by atoms with Crippen molar-refractivity contribution in [3.8, 4) is 5.69 Å². The monoisotopic (exact) mass is 387 g/mol. The zero-order chi connectivity index (χ0) is 19.4. The minimum atomic E-state index is -0.598. The van der Waals surface area contributed by atoms with E-state index in [4.69, 9.17) is 4.74 Å². The Morgan fingerprint density at radius 2 is 1.93 bits per heavy atom. The maximum Gasteiger partial charge on any atom is 0.151 e. The first-order valence-corrected chi connectivity index (χ1v) is 10.4. The number of benzene rings is 1. The molecule has 0 amide bonds. The van der Waals surface area contributed by atoms with Gasteiger partial charge in [-0.05, 0) is 69.1 Å². The average molecular weight is 387 g/mol. The van der Waals surface area contributed by atoms with Crippen molar-refractivity contribution in [1.82, 2.24) is 14.7 Å². The zero-order valence-electron chi connectivity index (χ0n) is 16.4. The third kappa shape index (κ3) is 3.07. The van der Waals surface area contributed by atoms with Crippen molar-refractivity contribution < 1.29 is 13.5 Å². The molecule has 150 valence electrons. The molecule has 0 N–H and O–H groups in total. The highest BCUT2D eigenvalue weighted by Crippen LogP contribution is 2.44. The van der Waals surface area contributed by atoms with Crippen LogP contribution in [-0.2, 0) is 11.3 Å². The van der Waals surface area contributed by atoms with Crippen molar-refractivity contribution in [1.29, 1.82) is 0 Å². The summed E-state index contributed by atoms with van der Waals surface area (Å²) in [6, 6.07) is 5.11. The fourth-order valence-corrected chi connectivity index (χ4v) is 5.11. The number of aromatic nitrogens is 2. The third-order valence-corrected chi connectivity index (χ3v) is 6.68. The molecule has 2 aromatic rings. The van der Waals surface area contributed by atoms with Crippen LogP contribution in [0.3, 0.4) is 0 Å². The zero-order valence-corrected chi connectivity index (χ0v) is 16.4. The lowest BCUT2D eigenvalue weighted by molar-refractivity contribution is -0.0173. The second kappa shape index (κ2) is 6.92. The lowest BCUT2D eigenvalue weighted by Crippen LogP contribution is -2.42. The van der Waals surface area contributed by atoms with E-state index in [1.165, 1.54) is 29.3 Å². The number of para-hydroxylation sites is 1. The van der Waals surface area contributed by atoms with Crippen molar-refractivity contribution in [3.63, 3.8) is 0 Å². The third-order valence-electron chi connectivity index (χ3n) is 6.68. The molecule has 2 bridgehead atoms. The molecule has 3 aliphatic rings. The first-order valence-electron chi connectivity index (χ1n) is 10.4. The van der Waals surface area contributed by atoms with Crippen LogP contribution in [0.5, 0.6) is 0 Å². The summed E-state index contributed by atoms with van der Waals surface area (Å²) < 4.78 is 36.5. The van der Waals surface area contributed by atoms with Crippen LogP contribution in [0.15, 0.2) is 24.4 Å². The molecule has 28 heavy (non-hydrogen) atoms. The van der Waals surface area contributed by atoms with Gasteiger partial charge in [-0.15, -0.1) is 0 Å². The minimum Gasteiger partial charge on any atom is -0.372 e. The smallest absolute Gasteiger partial charge is 0.151 e. The number of likely N-dealkylation sites (tertiary alicyclic amines) is 1. The quantitative estimate of drug-likeness (QED) is 0.735. The summed E-state index contributed by atoms with van der Waals surface area (Å²) in [5.74, 6) is -0.199. The summed E-state index contributed by atoms with van der Waals surface area (Å²) in [6.45, 7) is 5.94.